The summed E-state index contributed by atoms with van der Waals surface area (Å²) in [5, 5.41) is 8.65. The summed E-state index contributed by atoms with van der Waals surface area (Å²) in [6, 6.07) is 8.89. The van der Waals surface area contributed by atoms with Crippen molar-refractivity contribution in [2.75, 3.05) is 0 Å². The Kier molecular flexibility index (Phi) is 4.25. The first kappa shape index (κ1) is 14.6. The average molecular weight is 295 g/mol. The zero-order valence-electron chi connectivity index (χ0n) is 10.4. The number of benzene rings is 1. The highest BCUT2D eigenvalue weighted by Crippen LogP contribution is 2.31. The normalized spacial score (nSPS) is 10.8. The van der Waals surface area contributed by atoms with E-state index in [9.17, 15) is 13.2 Å². The Morgan fingerprint density at radius 3 is 2.48 bits per heavy atom. The average Bonchev–Trinajstić information content (AvgIpc) is 2.47. The van der Waals surface area contributed by atoms with E-state index in [1.165, 1.54) is 30.5 Å². The van der Waals surface area contributed by atoms with Gasteiger partial charge >= 0.3 is 6.18 Å². The predicted molar refractivity (Wildman–Crippen MR) is 64.8 cm³/mol. The van der Waals surface area contributed by atoms with Gasteiger partial charge in [0.2, 0.25) is 0 Å². The molecule has 0 radical (unpaired) electrons. The van der Waals surface area contributed by atoms with E-state index >= 15 is 0 Å². The van der Waals surface area contributed by atoms with Crippen LogP contribution in [0.1, 0.15) is 11.3 Å². The lowest BCUT2D eigenvalue weighted by molar-refractivity contribution is -0.137. The van der Waals surface area contributed by atoms with Crippen molar-refractivity contribution in [1.29, 1.82) is 5.26 Å². The molecule has 0 bridgehead atoms. The summed E-state index contributed by atoms with van der Waals surface area (Å²) in [5.41, 5.74) is 1.34. The number of alkyl halides is 3. The molecule has 1 N–H and O–H groups in total. The topological polar surface area (TPSA) is 67.2 Å². The fraction of sp³-hybridized carbons (Fsp3) is 0.0769. The Hall–Kier alpha value is -2.79. The van der Waals surface area contributed by atoms with Crippen molar-refractivity contribution in [1.82, 2.24) is 10.6 Å². The fourth-order valence-corrected chi connectivity index (χ4v) is 1.39. The summed E-state index contributed by atoms with van der Waals surface area (Å²) in [5.74, 6) is 0.160. The van der Waals surface area contributed by atoms with Gasteiger partial charge in [0.05, 0.1) is 5.56 Å². The molecule has 0 aliphatic carbocycles. The zero-order valence-corrected chi connectivity index (χ0v) is 10.4. The van der Waals surface area contributed by atoms with Crippen LogP contribution in [0.5, 0.6) is 11.5 Å². The number of nitrogens with one attached hydrogen (secondary N) is 1. The molecular formula is C13H8F3N3O2. The first-order valence-corrected chi connectivity index (χ1v) is 5.61. The maximum Gasteiger partial charge on any atom is 0.416 e. The van der Waals surface area contributed by atoms with E-state index in [0.717, 1.165) is 12.1 Å². The van der Waals surface area contributed by atoms with Gasteiger partial charge in [-0.05, 0) is 18.2 Å². The maximum absolute atomic E-state index is 12.5. The first-order valence-electron chi connectivity index (χ1n) is 5.61. The van der Waals surface area contributed by atoms with Crippen molar-refractivity contribution in [3.05, 3.63) is 53.9 Å². The minimum Gasteiger partial charge on any atom is -0.374 e. The van der Waals surface area contributed by atoms with Gasteiger partial charge in [0.1, 0.15) is 11.8 Å². The molecule has 1 aromatic carbocycles. The molecular weight excluding hydrogens is 287 g/mol. The predicted octanol–water partition coefficient (Wildman–Crippen LogP) is 2.85. The third kappa shape index (κ3) is 4.09. The summed E-state index contributed by atoms with van der Waals surface area (Å²) in [4.78, 5) is 13.5. The molecule has 0 unspecified atom stereocenters. The molecule has 0 saturated heterocycles. The second-order valence-electron chi connectivity index (χ2n) is 3.80. The summed E-state index contributed by atoms with van der Waals surface area (Å²) >= 11 is 0. The maximum atomic E-state index is 12.5. The number of hydrogen-bond acceptors (Lipinski definition) is 5. The molecule has 2 aromatic rings. The lowest BCUT2D eigenvalue weighted by atomic mass is 10.2. The smallest absolute Gasteiger partial charge is 0.374 e. The van der Waals surface area contributed by atoms with Gasteiger partial charge in [0.15, 0.2) is 11.5 Å². The Bertz CT molecular complexity index is 668. The Labute approximate surface area is 117 Å². The van der Waals surface area contributed by atoms with Crippen LogP contribution in [-0.4, -0.2) is 4.98 Å². The van der Waals surface area contributed by atoms with E-state index in [1.807, 2.05) is 11.7 Å². The standard InChI is InChI=1S/C13H8F3N3O2/c14-13(15,16)9-2-1-3-11(6-9)20-19-21-12-4-5-18-10(7-12)8-17/h1-7,19H. The third-order valence-electron chi connectivity index (χ3n) is 2.33. The van der Waals surface area contributed by atoms with Crippen LogP contribution in [0.4, 0.5) is 13.2 Å². The van der Waals surface area contributed by atoms with Crippen molar-refractivity contribution < 1.29 is 22.8 Å². The van der Waals surface area contributed by atoms with Crippen LogP contribution in [0, 0.1) is 11.3 Å². The molecule has 21 heavy (non-hydrogen) atoms. The minimum absolute atomic E-state index is 0.0700. The summed E-state index contributed by atoms with van der Waals surface area (Å²) < 4.78 is 37.5. The number of aromatic nitrogens is 1. The van der Waals surface area contributed by atoms with E-state index in [1.54, 1.807) is 0 Å². The van der Waals surface area contributed by atoms with E-state index in [2.05, 4.69) is 4.98 Å². The lowest BCUT2D eigenvalue weighted by Gasteiger charge is -2.10. The molecule has 8 heteroatoms. The van der Waals surface area contributed by atoms with E-state index in [-0.39, 0.29) is 17.2 Å². The van der Waals surface area contributed by atoms with Gasteiger partial charge in [-0.25, -0.2) is 4.98 Å². The fourth-order valence-electron chi connectivity index (χ4n) is 1.39. The van der Waals surface area contributed by atoms with Gasteiger partial charge in [0, 0.05) is 24.0 Å². The summed E-state index contributed by atoms with van der Waals surface area (Å²) in [6.07, 6.45) is -3.10. The van der Waals surface area contributed by atoms with Gasteiger partial charge < -0.3 is 9.68 Å². The molecule has 0 saturated carbocycles. The van der Waals surface area contributed by atoms with Gasteiger partial charge in [-0.1, -0.05) is 6.07 Å². The quantitative estimate of drug-likeness (QED) is 0.878. The minimum atomic E-state index is -4.45. The molecule has 1 heterocycles. The second-order valence-corrected chi connectivity index (χ2v) is 3.80. The monoisotopic (exact) mass is 295 g/mol. The number of nitrogens with zero attached hydrogens (tertiary/aromatic N) is 2. The zero-order chi connectivity index (χ0) is 15.3. The van der Waals surface area contributed by atoms with Gasteiger partial charge in [-0.3, -0.25) is 0 Å². The molecule has 0 amide bonds. The Balaban J connectivity index is 1.96. The molecule has 0 spiro atoms. The number of nitriles is 1. The number of rotatable bonds is 4. The highest BCUT2D eigenvalue weighted by molar-refractivity contribution is 5.30. The van der Waals surface area contributed by atoms with Crippen LogP contribution in [0.2, 0.25) is 0 Å². The molecule has 5 nitrogen and oxygen atoms in total. The van der Waals surface area contributed by atoms with Crippen LogP contribution >= 0.6 is 0 Å². The van der Waals surface area contributed by atoms with Crippen LogP contribution < -0.4 is 15.3 Å². The van der Waals surface area contributed by atoms with Crippen LogP contribution in [0.3, 0.4) is 0 Å². The summed E-state index contributed by atoms with van der Waals surface area (Å²) in [7, 11) is 0. The molecule has 0 aliphatic heterocycles. The third-order valence-corrected chi connectivity index (χ3v) is 2.33. The number of halogens is 3. The molecule has 1 aromatic heterocycles. The van der Waals surface area contributed by atoms with Crippen molar-refractivity contribution >= 4 is 0 Å². The van der Waals surface area contributed by atoms with Crippen molar-refractivity contribution in [2.45, 2.75) is 6.18 Å². The SMILES string of the molecule is N#Cc1cc(ONOc2cccc(C(F)(F)F)c2)ccn1. The van der Waals surface area contributed by atoms with Crippen LogP contribution in [0.15, 0.2) is 42.6 Å². The van der Waals surface area contributed by atoms with Gasteiger partial charge in [-0.2, -0.15) is 18.4 Å². The Morgan fingerprint density at radius 1 is 1.10 bits per heavy atom. The lowest BCUT2D eigenvalue weighted by Crippen LogP contribution is -2.23. The van der Waals surface area contributed by atoms with Gasteiger partial charge in [-0.15, -0.1) is 0 Å². The number of pyridine rings is 1. The molecule has 2 rings (SSSR count). The van der Waals surface area contributed by atoms with Crippen LogP contribution in [0.25, 0.3) is 0 Å². The summed E-state index contributed by atoms with van der Waals surface area (Å²) in [6.45, 7) is 0. The number of hydrogen-bond donors (Lipinski definition) is 1. The first-order chi connectivity index (χ1) is 9.99. The molecule has 0 aliphatic rings. The largest absolute Gasteiger partial charge is 0.416 e. The Morgan fingerprint density at radius 2 is 1.81 bits per heavy atom. The van der Waals surface area contributed by atoms with E-state index in [0.29, 0.717) is 0 Å². The van der Waals surface area contributed by atoms with Gasteiger partial charge in [0.25, 0.3) is 0 Å². The van der Waals surface area contributed by atoms with E-state index in [4.69, 9.17) is 14.9 Å². The van der Waals surface area contributed by atoms with Crippen LogP contribution in [-0.2, 0) is 6.18 Å². The highest BCUT2D eigenvalue weighted by atomic mass is 19.4. The van der Waals surface area contributed by atoms with Crippen molar-refractivity contribution in [2.24, 2.45) is 0 Å². The van der Waals surface area contributed by atoms with E-state index < -0.39 is 11.7 Å². The van der Waals surface area contributed by atoms with Crippen molar-refractivity contribution in [3.8, 4) is 17.6 Å². The molecule has 0 atom stereocenters. The second kappa shape index (κ2) is 6.11. The molecule has 0 fully saturated rings. The molecule has 108 valence electrons. The highest BCUT2D eigenvalue weighted by Gasteiger charge is 2.30. The van der Waals surface area contributed by atoms with Crippen molar-refractivity contribution in [3.63, 3.8) is 0 Å².